The van der Waals surface area contributed by atoms with Crippen molar-refractivity contribution >= 4 is 28.3 Å². The van der Waals surface area contributed by atoms with Gasteiger partial charge in [-0.1, -0.05) is 11.6 Å². The maximum atomic E-state index is 12.9. The van der Waals surface area contributed by atoms with Gasteiger partial charge in [-0.15, -0.1) is 0 Å². The van der Waals surface area contributed by atoms with Crippen molar-refractivity contribution in [1.29, 1.82) is 0 Å². The Labute approximate surface area is 151 Å². The molecule has 1 heterocycles. The van der Waals surface area contributed by atoms with Gasteiger partial charge < -0.3 is 9.47 Å². The lowest BCUT2D eigenvalue weighted by Gasteiger charge is -2.14. The molecule has 0 spiro atoms. The molecule has 0 unspecified atom stereocenters. The highest BCUT2D eigenvalue weighted by Crippen LogP contribution is 2.37. The van der Waals surface area contributed by atoms with Crippen LogP contribution in [-0.4, -0.2) is 24.1 Å². The van der Waals surface area contributed by atoms with E-state index in [1.165, 1.54) is 37.4 Å². The highest BCUT2D eigenvalue weighted by molar-refractivity contribution is 6.31. The minimum atomic E-state index is -5.06. The molecule has 2 aromatic carbocycles. The first-order valence-electron chi connectivity index (χ1n) is 7.31. The van der Waals surface area contributed by atoms with E-state index in [1.807, 2.05) is 0 Å². The Kier molecular flexibility index (Phi) is 4.73. The topological polar surface area (TPSA) is 48.4 Å². The Morgan fingerprint density at radius 2 is 1.73 bits per heavy atom. The largest absolute Gasteiger partial charge is 0.497 e. The molecule has 0 aliphatic rings. The number of methoxy groups -OCH3 is 1. The molecule has 26 heavy (non-hydrogen) atoms. The molecule has 3 aromatic rings. The van der Waals surface area contributed by atoms with Crippen LogP contribution in [0.15, 0.2) is 48.7 Å². The predicted molar refractivity (Wildman–Crippen MR) is 90.2 cm³/mol. The van der Waals surface area contributed by atoms with Gasteiger partial charge in [-0.3, -0.25) is 9.78 Å². The third kappa shape index (κ3) is 3.57. The van der Waals surface area contributed by atoms with Crippen LogP contribution in [0.25, 0.3) is 10.9 Å². The number of aromatic nitrogens is 1. The molecule has 0 bridgehead atoms. The molecule has 0 fully saturated rings. The molecule has 0 atom stereocenters. The Bertz CT molecular complexity index is 972. The molecule has 0 saturated carbocycles. The first-order valence-corrected chi connectivity index (χ1v) is 7.69. The van der Waals surface area contributed by atoms with Crippen LogP contribution < -0.4 is 9.47 Å². The molecule has 0 aliphatic heterocycles. The molecule has 0 amide bonds. The van der Waals surface area contributed by atoms with Gasteiger partial charge in [-0.2, -0.15) is 13.2 Å². The zero-order valence-electron chi connectivity index (χ0n) is 13.3. The molecule has 0 aliphatic carbocycles. The Morgan fingerprint density at radius 3 is 2.35 bits per heavy atom. The first kappa shape index (κ1) is 18.0. The number of fused-ring (bicyclic) bond motifs is 1. The quantitative estimate of drug-likeness (QED) is 0.565. The molecule has 8 heteroatoms. The summed E-state index contributed by atoms with van der Waals surface area (Å²) in [4.78, 5) is 15.7. The highest BCUT2D eigenvalue weighted by Gasteiger charge is 2.41. The van der Waals surface area contributed by atoms with Gasteiger partial charge in [0.05, 0.1) is 18.2 Å². The van der Waals surface area contributed by atoms with Gasteiger partial charge in [0.1, 0.15) is 17.2 Å². The van der Waals surface area contributed by atoms with Crippen molar-refractivity contribution in [3.8, 4) is 17.2 Å². The van der Waals surface area contributed by atoms with Crippen molar-refractivity contribution in [2.75, 3.05) is 7.11 Å². The number of alkyl halides is 3. The monoisotopic (exact) mass is 381 g/mol. The van der Waals surface area contributed by atoms with Crippen molar-refractivity contribution < 1.29 is 27.4 Å². The van der Waals surface area contributed by atoms with Crippen LogP contribution in [0.4, 0.5) is 13.2 Å². The van der Waals surface area contributed by atoms with Crippen molar-refractivity contribution in [3.05, 3.63) is 59.2 Å². The van der Waals surface area contributed by atoms with Gasteiger partial charge in [-0.25, -0.2) is 0 Å². The zero-order chi connectivity index (χ0) is 18.9. The molecule has 1 aromatic heterocycles. The van der Waals surface area contributed by atoms with E-state index in [2.05, 4.69) is 4.98 Å². The molecular weight excluding hydrogens is 371 g/mol. The maximum absolute atomic E-state index is 12.9. The van der Waals surface area contributed by atoms with Crippen LogP contribution in [0.2, 0.25) is 5.02 Å². The van der Waals surface area contributed by atoms with Crippen LogP contribution in [-0.2, 0) is 0 Å². The minimum absolute atomic E-state index is 0.236. The molecule has 3 rings (SSSR count). The minimum Gasteiger partial charge on any atom is -0.497 e. The Balaban J connectivity index is 2.16. The number of halogens is 4. The summed E-state index contributed by atoms with van der Waals surface area (Å²) in [7, 11) is 1.48. The number of rotatable bonds is 4. The lowest BCUT2D eigenvalue weighted by atomic mass is 10.1. The summed E-state index contributed by atoms with van der Waals surface area (Å²) in [6, 6.07) is 10.6. The molecule has 134 valence electrons. The van der Waals surface area contributed by atoms with E-state index in [9.17, 15) is 18.0 Å². The number of hydrogen-bond acceptors (Lipinski definition) is 4. The summed E-state index contributed by atoms with van der Waals surface area (Å²) >= 11 is 5.90. The summed E-state index contributed by atoms with van der Waals surface area (Å²) in [5.74, 6) is -1.48. The summed E-state index contributed by atoms with van der Waals surface area (Å²) in [5.41, 5.74) is -0.372. The summed E-state index contributed by atoms with van der Waals surface area (Å²) < 4.78 is 49.5. The number of benzene rings is 2. The van der Waals surface area contributed by atoms with Crippen molar-refractivity contribution in [3.63, 3.8) is 0 Å². The molecular formula is C18H11ClF3NO3. The zero-order valence-corrected chi connectivity index (χ0v) is 14.1. The Hall–Kier alpha value is -2.80. The fraction of sp³-hybridized carbons (Fsp3) is 0.111. The standard InChI is InChI=1S/C18H11ClF3NO3/c1-25-11-3-5-12(6-4-11)26-16-13-7-2-10(19)8-15(13)23-9-14(16)17(24)18(20,21)22/h2-9H,1H3. The number of carbonyl (C=O) groups is 1. The fourth-order valence-corrected chi connectivity index (χ4v) is 2.49. The van der Waals surface area contributed by atoms with E-state index < -0.39 is 17.5 Å². The second-order valence-electron chi connectivity index (χ2n) is 5.27. The number of Topliss-reactive ketones (excluding diaryl/α,β-unsaturated/α-hetero) is 1. The van der Waals surface area contributed by atoms with Crippen LogP contribution >= 0.6 is 11.6 Å². The van der Waals surface area contributed by atoms with Gasteiger partial charge in [0.25, 0.3) is 5.78 Å². The average molecular weight is 382 g/mol. The number of carbonyl (C=O) groups excluding carboxylic acids is 1. The maximum Gasteiger partial charge on any atom is 0.455 e. The number of nitrogens with zero attached hydrogens (tertiary/aromatic N) is 1. The number of hydrogen-bond donors (Lipinski definition) is 0. The third-order valence-electron chi connectivity index (χ3n) is 3.56. The van der Waals surface area contributed by atoms with E-state index >= 15 is 0 Å². The highest BCUT2D eigenvalue weighted by atomic mass is 35.5. The summed E-state index contributed by atoms with van der Waals surface area (Å²) in [5, 5.41) is 0.593. The van der Waals surface area contributed by atoms with E-state index in [-0.39, 0.29) is 16.9 Å². The molecule has 0 radical (unpaired) electrons. The summed E-state index contributed by atoms with van der Waals surface area (Å²) in [6.07, 6.45) is -4.22. The summed E-state index contributed by atoms with van der Waals surface area (Å²) in [6.45, 7) is 0. The molecule has 0 N–H and O–H groups in total. The Morgan fingerprint density at radius 1 is 1.08 bits per heavy atom. The van der Waals surface area contributed by atoms with E-state index in [0.717, 1.165) is 6.20 Å². The van der Waals surface area contributed by atoms with E-state index in [0.29, 0.717) is 16.3 Å². The van der Waals surface area contributed by atoms with Gasteiger partial charge in [-0.05, 0) is 42.5 Å². The second-order valence-corrected chi connectivity index (χ2v) is 5.70. The van der Waals surface area contributed by atoms with E-state index in [1.54, 1.807) is 12.1 Å². The number of ketones is 1. The number of pyridine rings is 1. The van der Waals surface area contributed by atoms with Crippen molar-refractivity contribution in [2.45, 2.75) is 6.18 Å². The SMILES string of the molecule is COc1ccc(Oc2c(C(=O)C(F)(F)F)cnc3cc(Cl)ccc23)cc1. The van der Waals surface area contributed by atoms with Crippen LogP contribution in [0.3, 0.4) is 0 Å². The second kappa shape index (κ2) is 6.84. The van der Waals surface area contributed by atoms with E-state index in [4.69, 9.17) is 21.1 Å². The van der Waals surface area contributed by atoms with Gasteiger partial charge >= 0.3 is 6.18 Å². The van der Waals surface area contributed by atoms with Crippen LogP contribution in [0.5, 0.6) is 17.2 Å². The van der Waals surface area contributed by atoms with Gasteiger partial charge in [0, 0.05) is 16.6 Å². The first-order chi connectivity index (χ1) is 12.3. The fourth-order valence-electron chi connectivity index (χ4n) is 2.33. The van der Waals surface area contributed by atoms with Crippen molar-refractivity contribution in [1.82, 2.24) is 4.98 Å². The van der Waals surface area contributed by atoms with Gasteiger partial charge in [0.2, 0.25) is 0 Å². The normalized spacial score (nSPS) is 11.4. The number of ether oxygens (including phenoxy) is 2. The van der Waals surface area contributed by atoms with Crippen molar-refractivity contribution in [2.24, 2.45) is 0 Å². The van der Waals surface area contributed by atoms with Crippen LogP contribution in [0, 0.1) is 0 Å². The predicted octanol–water partition coefficient (Wildman–Crippen LogP) is 5.43. The van der Waals surface area contributed by atoms with Gasteiger partial charge in [0.15, 0.2) is 0 Å². The third-order valence-corrected chi connectivity index (χ3v) is 3.80. The average Bonchev–Trinajstić information content (AvgIpc) is 2.61. The lowest BCUT2D eigenvalue weighted by molar-refractivity contribution is -0.0886. The smallest absolute Gasteiger partial charge is 0.455 e. The molecule has 4 nitrogen and oxygen atoms in total. The lowest BCUT2D eigenvalue weighted by Crippen LogP contribution is -2.23. The molecule has 0 saturated heterocycles. The van der Waals surface area contributed by atoms with Crippen LogP contribution in [0.1, 0.15) is 10.4 Å².